The Kier molecular flexibility index (Phi) is 6.35. The fourth-order valence-corrected chi connectivity index (χ4v) is 4.03. The molecule has 9 nitrogen and oxygen atoms in total. The molecule has 0 saturated carbocycles. The molecule has 0 spiro atoms. The van der Waals surface area contributed by atoms with Crippen molar-refractivity contribution < 1.29 is 31.1 Å². The van der Waals surface area contributed by atoms with Gasteiger partial charge in [0.1, 0.15) is 17.8 Å². The molecule has 182 valence electrons. The van der Waals surface area contributed by atoms with E-state index in [1.807, 2.05) is 13.8 Å². The van der Waals surface area contributed by atoms with Crippen LogP contribution in [0.2, 0.25) is 0 Å². The molecular weight excluding hydrogens is 487 g/mol. The lowest BCUT2D eigenvalue weighted by Gasteiger charge is -2.11. The summed E-state index contributed by atoms with van der Waals surface area (Å²) in [4.78, 5) is 3.99. The predicted octanol–water partition coefficient (Wildman–Crippen LogP) is 4.77. The average Bonchev–Trinajstić information content (AvgIpc) is 3.13. The standard InChI is InChI=1S/C22H18F3N5O4S/c1-14-15(2)30(13-26-14)20-11-12-21(28-27-20)33-17-5-3-16(4-6-17)29-35(31,32)19-9-7-18(8-10-19)34-22(23,24)25/h3-13,29H,1-2H3. The Morgan fingerprint density at radius 3 is 2.09 bits per heavy atom. The van der Waals surface area contributed by atoms with Gasteiger partial charge in [0.25, 0.3) is 10.0 Å². The number of imidazole rings is 1. The van der Waals surface area contributed by atoms with Crippen LogP contribution in [0.3, 0.4) is 0 Å². The largest absolute Gasteiger partial charge is 0.573 e. The number of aryl methyl sites for hydroxylation is 1. The number of nitrogens with one attached hydrogen (secondary N) is 1. The molecule has 2 aromatic carbocycles. The van der Waals surface area contributed by atoms with Crippen molar-refractivity contribution in [2.75, 3.05) is 4.72 Å². The van der Waals surface area contributed by atoms with Crippen LogP contribution in [0.25, 0.3) is 5.82 Å². The highest BCUT2D eigenvalue weighted by molar-refractivity contribution is 7.92. The van der Waals surface area contributed by atoms with Crippen LogP contribution in [0, 0.1) is 13.8 Å². The monoisotopic (exact) mass is 505 g/mol. The number of benzene rings is 2. The number of rotatable bonds is 7. The van der Waals surface area contributed by atoms with Gasteiger partial charge in [0.2, 0.25) is 5.88 Å². The zero-order chi connectivity index (χ0) is 25.2. The molecule has 0 atom stereocenters. The first kappa shape index (κ1) is 24.0. The Morgan fingerprint density at radius 1 is 0.886 bits per heavy atom. The number of anilines is 1. The van der Waals surface area contributed by atoms with Crippen molar-refractivity contribution in [1.29, 1.82) is 0 Å². The molecule has 0 aliphatic rings. The van der Waals surface area contributed by atoms with E-state index in [1.54, 1.807) is 23.0 Å². The summed E-state index contributed by atoms with van der Waals surface area (Å²) in [7, 11) is -4.04. The molecule has 0 saturated heterocycles. The number of ether oxygens (including phenoxy) is 2. The number of alkyl halides is 3. The molecule has 1 N–H and O–H groups in total. The lowest BCUT2D eigenvalue weighted by Crippen LogP contribution is -2.17. The second-order valence-electron chi connectivity index (χ2n) is 7.27. The summed E-state index contributed by atoms with van der Waals surface area (Å²) in [6.45, 7) is 3.81. The van der Waals surface area contributed by atoms with Gasteiger partial charge >= 0.3 is 6.36 Å². The third kappa shape index (κ3) is 5.87. The molecule has 0 radical (unpaired) electrons. The summed E-state index contributed by atoms with van der Waals surface area (Å²) in [5.41, 5.74) is 2.05. The second-order valence-corrected chi connectivity index (χ2v) is 8.95. The minimum absolute atomic E-state index is 0.223. The van der Waals surface area contributed by atoms with Gasteiger partial charge in [-0.3, -0.25) is 9.29 Å². The number of nitrogens with zero attached hydrogens (tertiary/aromatic N) is 4. The van der Waals surface area contributed by atoms with Crippen LogP contribution in [-0.4, -0.2) is 34.5 Å². The van der Waals surface area contributed by atoms with Crippen molar-refractivity contribution in [3.05, 3.63) is 78.4 Å². The Balaban J connectivity index is 1.40. The van der Waals surface area contributed by atoms with Crippen molar-refractivity contribution >= 4 is 15.7 Å². The van der Waals surface area contributed by atoms with Crippen LogP contribution in [-0.2, 0) is 10.0 Å². The van der Waals surface area contributed by atoms with E-state index in [9.17, 15) is 21.6 Å². The maximum Gasteiger partial charge on any atom is 0.573 e. The summed E-state index contributed by atoms with van der Waals surface area (Å²) in [5.74, 6) is 0.679. The molecule has 0 bridgehead atoms. The van der Waals surface area contributed by atoms with E-state index in [0.29, 0.717) is 11.6 Å². The van der Waals surface area contributed by atoms with Crippen LogP contribution in [0.15, 0.2) is 71.9 Å². The average molecular weight is 505 g/mol. The molecule has 0 aliphatic heterocycles. The fraction of sp³-hybridized carbons (Fsp3) is 0.136. The number of hydrogen-bond acceptors (Lipinski definition) is 7. The van der Waals surface area contributed by atoms with Gasteiger partial charge in [-0.15, -0.1) is 23.4 Å². The topological polar surface area (TPSA) is 108 Å². The summed E-state index contributed by atoms with van der Waals surface area (Å²) >= 11 is 0. The van der Waals surface area contributed by atoms with Gasteiger partial charge in [-0.2, -0.15) is 0 Å². The number of aromatic nitrogens is 4. The second kappa shape index (κ2) is 9.25. The third-order valence-electron chi connectivity index (χ3n) is 4.82. The Morgan fingerprint density at radius 2 is 1.54 bits per heavy atom. The van der Waals surface area contributed by atoms with Crippen molar-refractivity contribution in [2.45, 2.75) is 25.1 Å². The van der Waals surface area contributed by atoms with Crippen molar-refractivity contribution in [1.82, 2.24) is 19.7 Å². The van der Waals surface area contributed by atoms with Crippen LogP contribution < -0.4 is 14.2 Å². The van der Waals surface area contributed by atoms with Crippen LogP contribution in [0.5, 0.6) is 17.4 Å². The highest BCUT2D eigenvalue weighted by atomic mass is 32.2. The van der Waals surface area contributed by atoms with Crippen LogP contribution in [0.4, 0.5) is 18.9 Å². The van der Waals surface area contributed by atoms with Crippen LogP contribution >= 0.6 is 0 Å². The zero-order valence-corrected chi connectivity index (χ0v) is 19.1. The minimum atomic E-state index is -4.87. The van der Waals surface area contributed by atoms with Gasteiger partial charge < -0.3 is 9.47 Å². The number of hydrogen-bond donors (Lipinski definition) is 1. The molecule has 2 aromatic heterocycles. The summed E-state index contributed by atoms with van der Waals surface area (Å²) in [6, 6.07) is 13.2. The first-order chi connectivity index (χ1) is 16.5. The van der Waals surface area contributed by atoms with E-state index >= 15 is 0 Å². The third-order valence-corrected chi connectivity index (χ3v) is 6.22. The molecule has 0 amide bonds. The first-order valence-corrected chi connectivity index (χ1v) is 11.5. The minimum Gasteiger partial charge on any atom is -0.438 e. The molecule has 4 rings (SSSR count). The maximum atomic E-state index is 12.5. The summed E-state index contributed by atoms with van der Waals surface area (Å²) < 4.78 is 75.4. The van der Waals surface area contributed by atoms with Gasteiger partial charge in [-0.1, -0.05) is 0 Å². The van der Waals surface area contributed by atoms with Crippen molar-refractivity contribution in [2.24, 2.45) is 0 Å². The van der Waals surface area contributed by atoms with Gasteiger partial charge in [-0.05, 0) is 68.4 Å². The molecular formula is C22H18F3N5O4S. The van der Waals surface area contributed by atoms with Crippen molar-refractivity contribution in [3.63, 3.8) is 0 Å². The van der Waals surface area contributed by atoms with E-state index in [-0.39, 0.29) is 16.5 Å². The van der Waals surface area contributed by atoms with Gasteiger partial charge in [0.05, 0.1) is 10.6 Å². The van der Waals surface area contributed by atoms with E-state index in [1.165, 1.54) is 24.3 Å². The smallest absolute Gasteiger partial charge is 0.438 e. The first-order valence-electron chi connectivity index (χ1n) is 10.0. The van der Waals surface area contributed by atoms with E-state index < -0.39 is 22.1 Å². The Bertz CT molecular complexity index is 1420. The molecule has 0 fully saturated rings. The predicted molar refractivity (Wildman–Crippen MR) is 119 cm³/mol. The lowest BCUT2D eigenvalue weighted by molar-refractivity contribution is -0.274. The fourth-order valence-electron chi connectivity index (χ4n) is 2.97. The van der Waals surface area contributed by atoms with Gasteiger partial charge in [-0.25, -0.2) is 13.4 Å². The maximum absolute atomic E-state index is 12.5. The van der Waals surface area contributed by atoms with Crippen molar-refractivity contribution in [3.8, 4) is 23.2 Å². The normalized spacial score (nSPS) is 11.8. The van der Waals surface area contributed by atoms with Crippen LogP contribution in [0.1, 0.15) is 11.4 Å². The quantitative estimate of drug-likeness (QED) is 0.385. The van der Waals surface area contributed by atoms with E-state index in [0.717, 1.165) is 35.7 Å². The molecule has 13 heteroatoms. The molecule has 2 heterocycles. The number of sulfonamides is 1. The molecule has 0 aliphatic carbocycles. The molecule has 0 unspecified atom stereocenters. The zero-order valence-electron chi connectivity index (χ0n) is 18.3. The Hall–Kier alpha value is -4.13. The summed E-state index contributed by atoms with van der Waals surface area (Å²) in [5, 5.41) is 8.17. The molecule has 4 aromatic rings. The van der Waals surface area contributed by atoms with Gasteiger partial charge in [0.15, 0.2) is 5.82 Å². The van der Waals surface area contributed by atoms with Gasteiger partial charge in [0, 0.05) is 17.4 Å². The highest BCUT2D eigenvalue weighted by Crippen LogP contribution is 2.26. The lowest BCUT2D eigenvalue weighted by atomic mass is 10.3. The summed E-state index contributed by atoms with van der Waals surface area (Å²) in [6.07, 6.45) is -3.21. The highest BCUT2D eigenvalue weighted by Gasteiger charge is 2.31. The van der Waals surface area contributed by atoms with E-state index in [2.05, 4.69) is 24.6 Å². The molecule has 35 heavy (non-hydrogen) atoms. The number of halogens is 3. The van der Waals surface area contributed by atoms with E-state index in [4.69, 9.17) is 4.74 Å². The SMILES string of the molecule is Cc1ncn(-c2ccc(Oc3ccc(NS(=O)(=O)c4ccc(OC(F)(F)F)cc4)cc3)nn2)c1C. The Labute approximate surface area is 198 Å².